The van der Waals surface area contributed by atoms with Crippen molar-refractivity contribution in [1.82, 2.24) is 4.90 Å². The molecule has 1 aliphatic heterocycles. The summed E-state index contributed by atoms with van der Waals surface area (Å²) in [4.78, 5) is 14.1. The van der Waals surface area contributed by atoms with Gasteiger partial charge in [0.05, 0.1) is 0 Å². The van der Waals surface area contributed by atoms with Crippen LogP contribution in [0.3, 0.4) is 0 Å². The second-order valence-electron chi connectivity index (χ2n) is 5.77. The molecular formula is C13H24N2O. The minimum Gasteiger partial charge on any atom is -0.340 e. The van der Waals surface area contributed by atoms with Crippen LogP contribution in [0.25, 0.3) is 0 Å². The van der Waals surface area contributed by atoms with E-state index in [0.717, 1.165) is 25.3 Å². The third-order valence-corrected chi connectivity index (χ3v) is 4.10. The molecule has 1 saturated heterocycles. The minimum absolute atomic E-state index is 0.110. The van der Waals surface area contributed by atoms with Gasteiger partial charge in [-0.2, -0.15) is 0 Å². The van der Waals surface area contributed by atoms with Gasteiger partial charge in [-0.1, -0.05) is 6.92 Å². The first-order valence-corrected chi connectivity index (χ1v) is 6.63. The number of piperidine rings is 1. The number of rotatable bonds is 3. The van der Waals surface area contributed by atoms with Crippen LogP contribution in [0.2, 0.25) is 0 Å². The van der Waals surface area contributed by atoms with Gasteiger partial charge in [-0.3, -0.25) is 4.79 Å². The molecule has 2 aliphatic rings. The van der Waals surface area contributed by atoms with Gasteiger partial charge in [-0.15, -0.1) is 0 Å². The van der Waals surface area contributed by atoms with Gasteiger partial charge in [0, 0.05) is 25.0 Å². The number of carbonyl (C=O) groups is 1. The summed E-state index contributed by atoms with van der Waals surface area (Å²) in [6.45, 7) is 5.36. The summed E-state index contributed by atoms with van der Waals surface area (Å²) in [5, 5.41) is 0. The number of nitrogens with two attached hydrogens (primary N) is 1. The highest BCUT2D eigenvalue weighted by atomic mass is 16.2. The van der Waals surface area contributed by atoms with Crippen LogP contribution in [-0.2, 0) is 4.79 Å². The van der Waals surface area contributed by atoms with E-state index in [1.165, 1.54) is 12.8 Å². The van der Waals surface area contributed by atoms with Gasteiger partial charge in [0.1, 0.15) is 0 Å². The third-order valence-electron chi connectivity index (χ3n) is 4.10. The van der Waals surface area contributed by atoms with Gasteiger partial charge >= 0.3 is 0 Å². The second kappa shape index (κ2) is 4.74. The first kappa shape index (κ1) is 11.9. The van der Waals surface area contributed by atoms with E-state index in [9.17, 15) is 4.79 Å². The molecule has 3 atom stereocenters. The largest absolute Gasteiger partial charge is 0.340 e. The number of hydrogen-bond donors (Lipinski definition) is 1. The Kier molecular flexibility index (Phi) is 3.53. The number of carbonyl (C=O) groups excluding carboxylic acids is 1. The number of amides is 1. The van der Waals surface area contributed by atoms with Crippen LogP contribution in [-0.4, -0.2) is 29.4 Å². The first-order valence-electron chi connectivity index (χ1n) is 6.63. The van der Waals surface area contributed by atoms with E-state index < -0.39 is 0 Å². The van der Waals surface area contributed by atoms with Gasteiger partial charge in [0.2, 0.25) is 5.91 Å². The van der Waals surface area contributed by atoms with Crippen LogP contribution in [0.1, 0.15) is 46.0 Å². The molecule has 3 heteroatoms. The molecule has 0 radical (unpaired) electrons. The second-order valence-corrected chi connectivity index (χ2v) is 5.77. The summed E-state index contributed by atoms with van der Waals surface area (Å²) in [5.41, 5.74) is 6.01. The normalized spacial score (nSPS) is 32.6. The Morgan fingerprint density at radius 2 is 2.06 bits per heavy atom. The molecule has 1 saturated carbocycles. The van der Waals surface area contributed by atoms with E-state index in [2.05, 4.69) is 13.8 Å². The monoisotopic (exact) mass is 224 g/mol. The Bertz CT molecular complexity index is 263. The van der Waals surface area contributed by atoms with Crippen molar-refractivity contribution in [2.45, 2.75) is 58.0 Å². The van der Waals surface area contributed by atoms with E-state index in [-0.39, 0.29) is 11.9 Å². The zero-order chi connectivity index (χ0) is 11.7. The van der Waals surface area contributed by atoms with Crippen molar-refractivity contribution < 1.29 is 4.79 Å². The van der Waals surface area contributed by atoms with E-state index in [1.54, 1.807) is 0 Å². The average Bonchev–Trinajstić information content (AvgIpc) is 2.99. The minimum atomic E-state index is 0.110. The van der Waals surface area contributed by atoms with Crippen molar-refractivity contribution in [3.63, 3.8) is 0 Å². The fourth-order valence-electron chi connectivity index (χ4n) is 2.79. The summed E-state index contributed by atoms with van der Waals surface area (Å²) >= 11 is 0. The Morgan fingerprint density at radius 1 is 1.38 bits per heavy atom. The fraction of sp³-hybridized carbons (Fsp3) is 0.923. The molecule has 2 fully saturated rings. The van der Waals surface area contributed by atoms with Crippen molar-refractivity contribution in [3.05, 3.63) is 0 Å². The maximum atomic E-state index is 12.1. The first-order chi connectivity index (χ1) is 7.58. The maximum Gasteiger partial charge on any atom is 0.224 e. The van der Waals surface area contributed by atoms with Crippen molar-refractivity contribution in [1.29, 1.82) is 0 Å². The van der Waals surface area contributed by atoms with E-state index in [1.807, 2.05) is 4.90 Å². The van der Waals surface area contributed by atoms with Crippen molar-refractivity contribution in [3.8, 4) is 0 Å². The van der Waals surface area contributed by atoms with Crippen molar-refractivity contribution in [2.75, 3.05) is 6.54 Å². The molecular weight excluding hydrogens is 200 g/mol. The molecule has 0 bridgehead atoms. The lowest BCUT2D eigenvalue weighted by molar-refractivity contribution is -0.135. The summed E-state index contributed by atoms with van der Waals surface area (Å²) in [7, 11) is 0. The molecule has 0 aromatic rings. The van der Waals surface area contributed by atoms with Gasteiger partial charge in [-0.25, -0.2) is 0 Å². The molecule has 2 rings (SSSR count). The van der Waals surface area contributed by atoms with Gasteiger partial charge in [0.25, 0.3) is 0 Å². The van der Waals surface area contributed by atoms with E-state index in [4.69, 9.17) is 5.73 Å². The number of hydrogen-bond acceptors (Lipinski definition) is 2. The summed E-state index contributed by atoms with van der Waals surface area (Å²) in [6, 6.07) is 0.515. The molecule has 3 unspecified atom stereocenters. The number of nitrogens with zero attached hydrogens (tertiary/aromatic N) is 1. The fourth-order valence-corrected chi connectivity index (χ4v) is 2.79. The predicted octanol–water partition coefficient (Wildman–Crippen LogP) is 1.76. The summed E-state index contributed by atoms with van der Waals surface area (Å²) in [6.07, 6.45) is 5.30. The standard InChI is InChI=1S/C13H24N2O/c1-9-5-6-15(10(2)7-9)13(16)8-12(14)11-3-4-11/h9-12H,3-8,14H2,1-2H3. The predicted molar refractivity (Wildman–Crippen MR) is 64.9 cm³/mol. The van der Waals surface area contributed by atoms with Crippen LogP contribution < -0.4 is 5.73 Å². The highest BCUT2D eigenvalue weighted by Crippen LogP contribution is 2.33. The lowest BCUT2D eigenvalue weighted by Gasteiger charge is -2.37. The zero-order valence-electron chi connectivity index (χ0n) is 10.5. The Labute approximate surface area is 98.4 Å². The molecule has 1 heterocycles. The molecule has 92 valence electrons. The summed E-state index contributed by atoms with van der Waals surface area (Å²) < 4.78 is 0. The van der Waals surface area contributed by atoms with Crippen LogP contribution in [0.4, 0.5) is 0 Å². The van der Waals surface area contributed by atoms with Crippen LogP contribution in [0, 0.1) is 11.8 Å². The molecule has 2 N–H and O–H groups in total. The number of likely N-dealkylation sites (tertiary alicyclic amines) is 1. The SMILES string of the molecule is CC1CCN(C(=O)CC(N)C2CC2)C(C)C1. The highest BCUT2D eigenvalue weighted by molar-refractivity contribution is 5.77. The van der Waals surface area contributed by atoms with Crippen LogP contribution in [0.5, 0.6) is 0 Å². The quantitative estimate of drug-likeness (QED) is 0.794. The molecule has 3 nitrogen and oxygen atoms in total. The van der Waals surface area contributed by atoms with Gasteiger partial charge in [0.15, 0.2) is 0 Å². The summed E-state index contributed by atoms with van der Waals surface area (Å²) in [5.74, 6) is 1.66. The lowest BCUT2D eigenvalue weighted by Crippen LogP contribution is -2.46. The Morgan fingerprint density at radius 3 is 2.62 bits per heavy atom. The molecule has 0 aromatic carbocycles. The molecule has 1 aliphatic carbocycles. The van der Waals surface area contributed by atoms with Gasteiger partial charge < -0.3 is 10.6 Å². The smallest absolute Gasteiger partial charge is 0.224 e. The molecule has 0 aromatic heterocycles. The average molecular weight is 224 g/mol. The van der Waals surface area contributed by atoms with E-state index in [0.29, 0.717) is 18.4 Å². The van der Waals surface area contributed by atoms with Crippen LogP contribution in [0.15, 0.2) is 0 Å². The Hall–Kier alpha value is -0.570. The highest BCUT2D eigenvalue weighted by Gasteiger charge is 2.33. The van der Waals surface area contributed by atoms with Gasteiger partial charge in [-0.05, 0) is 44.4 Å². The van der Waals surface area contributed by atoms with Crippen LogP contribution >= 0.6 is 0 Å². The maximum absolute atomic E-state index is 12.1. The zero-order valence-corrected chi connectivity index (χ0v) is 10.5. The molecule has 0 spiro atoms. The Balaban J connectivity index is 1.83. The van der Waals surface area contributed by atoms with Crippen molar-refractivity contribution >= 4 is 5.91 Å². The third kappa shape index (κ3) is 2.76. The van der Waals surface area contributed by atoms with E-state index >= 15 is 0 Å². The lowest BCUT2D eigenvalue weighted by atomic mass is 9.93. The molecule has 1 amide bonds. The van der Waals surface area contributed by atoms with Crippen molar-refractivity contribution in [2.24, 2.45) is 17.6 Å². The topological polar surface area (TPSA) is 46.3 Å². The molecule has 16 heavy (non-hydrogen) atoms.